The van der Waals surface area contributed by atoms with Crippen molar-refractivity contribution in [2.45, 2.75) is 33.6 Å². The lowest BCUT2D eigenvalue weighted by molar-refractivity contribution is 0.100. The smallest absolute Gasteiger partial charge is 0.253 e. The van der Waals surface area contributed by atoms with Gasteiger partial charge in [0, 0.05) is 28.5 Å². The average Bonchev–Trinajstić information content (AvgIpc) is 3.42. The lowest BCUT2D eigenvalue weighted by Gasteiger charge is -2.17. The molecule has 1 aliphatic rings. The van der Waals surface area contributed by atoms with Crippen molar-refractivity contribution >= 4 is 22.8 Å². The van der Waals surface area contributed by atoms with Crippen LogP contribution in [0.25, 0.3) is 16.7 Å². The minimum absolute atomic E-state index is 0.133. The van der Waals surface area contributed by atoms with Crippen LogP contribution in [-0.2, 0) is 0 Å². The molecule has 0 bridgehead atoms. The van der Waals surface area contributed by atoms with Crippen molar-refractivity contribution in [3.05, 3.63) is 40.5 Å². The Bertz CT molecular complexity index is 1190. The van der Waals surface area contributed by atoms with E-state index >= 15 is 0 Å². The third-order valence-corrected chi connectivity index (χ3v) is 6.22. The minimum Gasteiger partial charge on any atom is -0.508 e. The Morgan fingerprint density at radius 1 is 1.29 bits per heavy atom. The molecule has 8 nitrogen and oxygen atoms in total. The number of aryl methyl sites for hydroxylation is 2. The molecule has 1 aromatic carbocycles. The molecular formula is C23H29N5O3. The van der Waals surface area contributed by atoms with Crippen LogP contribution in [0.3, 0.4) is 0 Å². The van der Waals surface area contributed by atoms with E-state index in [1.807, 2.05) is 27.0 Å². The molecule has 8 heteroatoms. The van der Waals surface area contributed by atoms with Crippen LogP contribution in [0.1, 0.15) is 39.9 Å². The van der Waals surface area contributed by atoms with Crippen molar-refractivity contribution in [3.63, 3.8) is 0 Å². The molecule has 1 fully saturated rings. The van der Waals surface area contributed by atoms with Crippen LogP contribution in [-0.4, -0.2) is 40.8 Å². The number of anilines is 1. The van der Waals surface area contributed by atoms with Gasteiger partial charge in [-0.3, -0.25) is 9.36 Å². The number of nitrogens with two attached hydrogens (primary N) is 2. The van der Waals surface area contributed by atoms with E-state index in [2.05, 4.69) is 5.32 Å². The molecule has 164 valence electrons. The van der Waals surface area contributed by atoms with E-state index in [-0.39, 0.29) is 22.5 Å². The second-order valence-electron chi connectivity index (χ2n) is 8.64. The summed E-state index contributed by atoms with van der Waals surface area (Å²) in [5, 5.41) is 14.1. The van der Waals surface area contributed by atoms with E-state index in [9.17, 15) is 9.90 Å². The van der Waals surface area contributed by atoms with Gasteiger partial charge in [-0.1, -0.05) is 6.07 Å². The van der Waals surface area contributed by atoms with E-state index in [1.54, 1.807) is 23.6 Å². The highest BCUT2D eigenvalue weighted by Gasteiger charge is 2.43. The van der Waals surface area contributed by atoms with Crippen LogP contribution in [0.2, 0.25) is 0 Å². The van der Waals surface area contributed by atoms with E-state index in [0.717, 1.165) is 30.5 Å². The van der Waals surface area contributed by atoms with Gasteiger partial charge < -0.3 is 26.6 Å². The third-order valence-electron chi connectivity index (χ3n) is 6.22. The number of carbonyl (C=O) groups is 1. The van der Waals surface area contributed by atoms with E-state index < -0.39 is 5.91 Å². The van der Waals surface area contributed by atoms with E-state index in [4.69, 9.17) is 21.2 Å². The van der Waals surface area contributed by atoms with Gasteiger partial charge in [-0.05, 0) is 58.4 Å². The van der Waals surface area contributed by atoms with Gasteiger partial charge in [0.2, 0.25) is 5.88 Å². The lowest BCUT2D eigenvalue weighted by Crippen LogP contribution is -2.26. The van der Waals surface area contributed by atoms with Crippen molar-refractivity contribution in [3.8, 4) is 17.3 Å². The van der Waals surface area contributed by atoms with Crippen LogP contribution in [0.4, 0.5) is 5.82 Å². The number of ether oxygens (including phenoxy) is 1. The number of aromatic nitrogens is 2. The molecule has 3 aromatic rings. The topological polar surface area (TPSA) is 128 Å². The van der Waals surface area contributed by atoms with Crippen molar-refractivity contribution in [1.82, 2.24) is 14.9 Å². The Labute approximate surface area is 181 Å². The predicted octanol–water partition coefficient (Wildman–Crippen LogP) is 2.72. The molecule has 0 spiro atoms. The average molecular weight is 424 g/mol. The summed E-state index contributed by atoms with van der Waals surface area (Å²) < 4.78 is 7.83. The first-order chi connectivity index (χ1) is 14.7. The fourth-order valence-electron chi connectivity index (χ4n) is 4.25. The van der Waals surface area contributed by atoms with Gasteiger partial charge in [-0.25, -0.2) is 0 Å². The number of pyridine rings is 1. The maximum absolute atomic E-state index is 12.3. The molecule has 0 atom stereocenters. The summed E-state index contributed by atoms with van der Waals surface area (Å²) in [6, 6.07) is 5.27. The monoisotopic (exact) mass is 423 g/mol. The molecule has 1 amide bonds. The molecule has 0 saturated heterocycles. The molecule has 6 N–H and O–H groups in total. The Kier molecular flexibility index (Phi) is 5.05. The SMILES string of the molecule is CNCC1(COc2nc3c(cc2C)c(C(N)=O)c(N)n3-c2c(C)ccc(O)c2C)CC1. The fourth-order valence-corrected chi connectivity index (χ4v) is 4.25. The third kappa shape index (κ3) is 3.46. The number of hydrogen-bond donors (Lipinski definition) is 4. The number of primary amides is 1. The first-order valence-electron chi connectivity index (χ1n) is 10.4. The maximum Gasteiger partial charge on any atom is 0.253 e. The summed E-state index contributed by atoms with van der Waals surface area (Å²) in [7, 11) is 1.94. The first-order valence-corrected chi connectivity index (χ1v) is 10.4. The Balaban J connectivity index is 1.91. The van der Waals surface area contributed by atoms with Crippen molar-refractivity contribution in [1.29, 1.82) is 0 Å². The van der Waals surface area contributed by atoms with Gasteiger partial charge in [0.1, 0.15) is 11.6 Å². The van der Waals surface area contributed by atoms with Gasteiger partial charge in [0.05, 0.1) is 17.9 Å². The van der Waals surface area contributed by atoms with Crippen molar-refractivity contribution < 1.29 is 14.6 Å². The fraction of sp³-hybridized carbons (Fsp3) is 0.391. The van der Waals surface area contributed by atoms with Gasteiger partial charge in [-0.2, -0.15) is 4.98 Å². The second kappa shape index (κ2) is 7.46. The Morgan fingerprint density at radius 2 is 2.00 bits per heavy atom. The largest absolute Gasteiger partial charge is 0.508 e. The second-order valence-corrected chi connectivity index (χ2v) is 8.64. The normalized spacial score (nSPS) is 14.7. The number of aromatic hydroxyl groups is 1. The summed E-state index contributed by atoms with van der Waals surface area (Å²) in [5.41, 5.74) is 15.9. The number of carbonyl (C=O) groups excluding carboxylic acids is 1. The molecule has 2 heterocycles. The van der Waals surface area contributed by atoms with Crippen LogP contribution < -0.4 is 21.5 Å². The quantitative estimate of drug-likeness (QED) is 0.462. The molecule has 0 unspecified atom stereocenters. The molecule has 2 aromatic heterocycles. The highest BCUT2D eigenvalue weighted by Crippen LogP contribution is 2.45. The molecule has 4 rings (SSSR count). The number of rotatable bonds is 7. The zero-order chi connectivity index (χ0) is 22.5. The lowest BCUT2D eigenvalue weighted by atomic mass is 10.1. The van der Waals surface area contributed by atoms with Gasteiger partial charge in [0.25, 0.3) is 5.91 Å². The zero-order valence-corrected chi connectivity index (χ0v) is 18.4. The minimum atomic E-state index is -0.627. The molecule has 0 aliphatic heterocycles. The molecular weight excluding hydrogens is 394 g/mol. The number of phenols is 1. The molecule has 1 aliphatic carbocycles. The Morgan fingerprint density at radius 3 is 2.61 bits per heavy atom. The highest BCUT2D eigenvalue weighted by atomic mass is 16.5. The number of benzene rings is 1. The number of amides is 1. The molecule has 1 saturated carbocycles. The summed E-state index contributed by atoms with van der Waals surface area (Å²) in [6.45, 7) is 7.06. The Hall–Kier alpha value is -3.26. The highest BCUT2D eigenvalue weighted by molar-refractivity contribution is 6.11. The number of nitrogens with one attached hydrogen (secondary N) is 1. The first kappa shape index (κ1) is 21.0. The summed E-state index contributed by atoms with van der Waals surface area (Å²) in [6.07, 6.45) is 2.23. The van der Waals surface area contributed by atoms with Gasteiger partial charge in [-0.15, -0.1) is 0 Å². The predicted molar refractivity (Wildman–Crippen MR) is 121 cm³/mol. The van der Waals surface area contributed by atoms with Crippen molar-refractivity contribution in [2.75, 3.05) is 25.9 Å². The number of nitrogen functional groups attached to an aromatic ring is 1. The summed E-state index contributed by atoms with van der Waals surface area (Å²) in [4.78, 5) is 17.0. The van der Waals surface area contributed by atoms with E-state index in [1.165, 1.54) is 0 Å². The van der Waals surface area contributed by atoms with Crippen molar-refractivity contribution in [2.24, 2.45) is 11.1 Å². The van der Waals surface area contributed by atoms with Gasteiger partial charge >= 0.3 is 0 Å². The summed E-state index contributed by atoms with van der Waals surface area (Å²) >= 11 is 0. The number of fused-ring (bicyclic) bond motifs is 1. The zero-order valence-electron chi connectivity index (χ0n) is 18.4. The van der Waals surface area contributed by atoms with Crippen LogP contribution >= 0.6 is 0 Å². The number of phenolic OH excluding ortho intramolecular Hbond substituents is 1. The van der Waals surface area contributed by atoms with Crippen LogP contribution in [0.15, 0.2) is 18.2 Å². The molecule has 0 radical (unpaired) electrons. The van der Waals surface area contributed by atoms with Crippen LogP contribution in [0.5, 0.6) is 11.6 Å². The standard InChI is InChI=1S/C23H29N5O3/c1-12-5-6-16(29)14(3)18(12)28-19(24)17(20(25)30)15-9-13(2)22(27-21(15)28)31-11-23(7-8-23)10-26-4/h5-6,9,26,29H,7-8,10-11,24H2,1-4H3,(H2,25,30). The number of nitrogens with zero attached hydrogens (tertiary/aromatic N) is 2. The molecule has 31 heavy (non-hydrogen) atoms. The number of hydrogen-bond acceptors (Lipinski definition) is 6. The van der Waals surface area contributed by atoms with Gasteiger partial charge in [0.15, 0.2) is 5.65 Å². The van der Waals surface area contributed by atoms with E-state index in [0.29, 0.717) is 34.8 Å². The summed E-state index contributed by atoms with van der Waals surface area (Å²) in [5.74, 6) is 0.198. The van der Waals surface area contributed by atoms with Crippen LogP contribution in [0, 0.1) is 26.2 Å². The maximum atomic E-state index is 12.3.